The average molecular weight is 484 g/mol. The van der Waals surface area contributed by atoms with Crippen molar-refractivity contribution in [2.45, 2.75) is 51.9 Å². The summed E-state index contributed by atoms with van der Waals surface area (Å²) in [6, 6.07) is 9.42. The maximum absolute atomic E-state index is 13.1. The van der Waals surface area contributed by atoms with Crippen LogP contribution in [0, 0.1) is 0 Å². The van der Waals surface area contributed by atoms with E-state index in [-0.39, 0.29) is 23.3 Å². The van der Waals surface area contributed by atoms with Crippen LogP contribution in [-0.2, 0) is 39.9 Å². The Hall–Kier alpha value is -4.06. The van der Waals surface area contributed by atoms with Crippen LogP contribution in [0.5, 0.6) is 0 Å². The fraction of sp³-hybridized carbons (Fsp3) is 0.391. The van der Waals surface area contributed by atoms with Crippen LogP contribution in [0.1, 0.15) is 32.6 Å². The number of benzene rings is 1. The highest BCUT2D eigenvalue weighted by atomic mass is 16.7. The molecule has 3 aromatic rings. The molecule has 4 atom stereocenters. The summed E-state index contributed by atoms with van der Waals surface area (Å²) in [6.45, 7) is 3.69. The van der Waals surface area contributed by atoms with Crippen molar-refractivity contribution in [2.75, 3.05) is 6.61 Å². The van der Waals surface area contributed by atoms with Crippen LogP contribution in [0.25, 0.3) is 11.2 Å². The predicted molar refractivity (Wildman–Crippen MR) is 119 cm³/mol. The summed E-state index contributed by atoms with van der Waals surface area (Å²) in [5.74, 6) is -1.84. The molecule has 0 N–H and O–H groups in total. The summed E-state index contributed by atoms with van der Waals surface area (Å²) in [5.41, 5.74) is 0.826. The van der Waals surface area contributed by atoms with Crippen LogP contribution in [-0.4, -0.2) is 61.9 Å². The van der Waals surface area contributed by atoms with Gasteiger partial charge in [0.1, 0.15) is 19.0 Å². The van der Waals surface area contributed by atoms with Crippen LogP contribution in [0.4, 0.5) is 0 Å². The smallest absolute Gasteiger partial charge is 0.303 e. The molecular formula is C23H24N4O8. The van der Waals surface area contributed by atoms with Gasteiger partial charge in [0.05, 0.1) is 12.9 Å². The van der Waals surface area contributed by atoms with E-state index in [4.69, 9.17) is 18.9 Å². The van der Waals surface area contributed by atoms with E-state index >= 15 is 0 Å². The molecule has 0 aliphatic carbocycles. The summed E-state index contributed by atoms with van der Waals surface area (Å²) in [4.78, 5) is 56.6. The van der Waals surface area contributed by atoms with E-state index in [1.165, 1.54) is 42.6 Å². The number of carbonyl (C=O) groups is 3. The molecule has 0 amide bonds. The molecule has 1 aliphatic heterocycles. The fourth-order valence-corrected chi connectivity index (χ4v) is 3.94. The number of nitrogens with zero attached hydrogens (tertiary/aromatic N) is 4. The lowest BCUT2D eigenvalue weighted by Gasteiger charge is -2.23. The third-order valence-corrected chi connectivity index (χ3v) is 5.36. The monoisotopic (exact) mass is 484 g/mol. The number of hydrogen-bond donors (Lipinski definition) is 0. The van der Waals surface area contributed by atoms with Crippen molar-refractivity contribution in [2.24, 2.45) is 0 Å². The van der Waals surface area contributed by atoms with Gasteiger partial charge in [-0.05, 0) is 5.56 Å². The van der Waals surface area contributed by atoms with E-state index in [0.717, 1.165) is 5.56 Å². The topological polar surface area (TPSA) is 141 Å². The SMILES string of the molecule is CC(=O)OC[C@H]1O[C@@H](n2cnc3c(=O)n(Cc4ccccc4)cnc32)[C@H](OC(C)=O)[C@@H]1OC(C)=O. The van der Waals surface area contributed by atoms with Crippen LogP contribution in [0.2, 0.25) is 0 Å². The van der Waals surface area contributed by atoms with Gasteiger partial charge in [-0.25, -0.2) is 9.97 Å². The van der Waals surface area contributed by atoms with E-state index in [0.29, 0.717) is 6.54 Å². The Labute approximate surface area is 199 Å². The van der Waals surface area contributed by atoms with Crippen molar-refractivity contribution >= 4 is 29.1 Å². The van der Waals surface area contributed by atoms with E-state index in [1.807, 2.05) is 30.3 Å². The zero-order valence-corrected chi connectivity index (χ0v) is 19.3. The van der Waals surface area contributed by atoms with Gasteiger partial charge in [0.25, 0.3) is 5.56 Å². The average Bonchev–Trinajstić information content (AvgIpc) is 3.36. The van der Waals surface area contributed by atoms with Crippen LogP contribution in [0.3, 0.4) is 0 Å². The number of imidazole rings is 1. The quantitative estimate of drug-likeness (QED) is 0.352. The lowest BCUT2D eigenvalue weighted by atomic mass is 10.1. The number of aromatic nitrogens is 4. The van der Waals surface area contributed by atoms with Crippen molar-refractivity contribution in [3.63, 3.8) is 0 Å². The van der Waals surface area contributed by atoms with Crippen molar-refractivity contribution < 1.29 is 33.3 Å². The maximum atomic E-state index is 13.1. The second-order valence-electron chi connectivity index (χ2n) is 8.00. The standard InChI is InChI=1S/C23H24N4O8/c1-13(28)32-10-17-19(33-14(2)29)20(34-15(3)30)23(35-17)27-12-24-18-21(27)25-11-26(22(18)31)9-16-7-5-4-6-8-16/h4-8,11-12,17,19-20,23H,9-10H2,1-3H3/t17-,19-,20-,23-/m1/s1. The summed E-state index contributed by atoms with van der Waals surface area (Å²) < 4.78 is 24.7. The zero-order valence-electron chi connectivity index (χ0n) is 19.3. The maximum Gasteiger partial charge on any atom is 0.303 e. The van der Waals surface area contributed by atoms with Crippen LogP contribution >= 0.6 is 0 Å². The number of fused-ring (bicyclic) bond motifs is 1. The first-order valence-electron chi connectivity index (χ1n) is 10.8. The second kappa shape index (κ2) is 10.1. The van der Waals surface area contributed by atoms with Crippen molar-refractivity contribution in [3.05, 3.63) is 58.9 Å². The van der Waals surface area contributed by atoms with Gasteiger partial charge < -0.3 is 18.9 Å². The third kappa shape index (κ3) is 5.22. The molecule has 184 valence electrons. The molecule has 12 nitrogen and oxygen atoms in total. The molecule has 1 aromatic carbocycles. The molecule has 12 heteroatoms. The molecule has 0 spiro atoms. The highest BCUT2D eigenvalue weighted by molar-refractivity contribution is 5.70. The number of ether oxygens (including phenoxy) is 4. The highest BCUT2D eigenvalue weighted by Crippen LogP contribution is 2.35. The molecule has 1 aliphatic rings. The van der Waals surface area contributed by atoms with Gasteiger partial charge in [-0.15, -0.1) is 0 Å². The molecule has 1 fully saturated rings. The molecule has 0 saturated carbocycles. The Kier molecular flexibility index (Phi) is 6.92. The molecule has 1 saturated heterocycles. The molecule has 0 bridgehead atoms. The predicted octanol–water partition coefficient (Wildman–Crippen LogP) is 0.965. The van der Waals surface area contributed by atoms with Gasteiger partial charge in [0.2, 0.25) is 0 Å². The minimum Gasteiger partial charge on any atom is -0.463 e. The van der Waals surface area contributed by atoms with Gasteiger partial charge in [-0.3, -0.25) is 28.3 Å². The summed E-state index contributed by atoms with van der Waals surface area (Å²) >= 11 is 0. The third-order valence-electron chi connectivity index (χ3n) is 5.36. The molecular weight excluding hydrogens is 460 g/mol. The highest BCUT2D eigenvalue weighted by Gasteiger charge is 2.51. The lowest BCUT2D eigenvalue weighted by Crippen LogP contribution is -2.40. The van der Waals surface area contributed by atoms with Gasteiger partial charge in [0.15, 0.2) is 29.6 Å². The van der Waals surface area contributed by atoms with E-state index < -0.39 is 42.4 Å². The Balaban J connectivity index is 1.70. The molecule has 0 unspecified atom stereocenters. The van der Waals surface area contributed by atoms with Crippen molar-refractivity contribution in [1.29, 1.82) is 0 Å². The van der Waals surface area contributed by atoms with E-state index in [1.54, 1.807) is 0 Å². The summed E-state index contributed by atoms with van der Waals surface area (Å²) in [7, 11) is 0. The molecule has 3 heterocycles. The number of esters is 3. The first kappa shape index (κ1) is 24.1. The second-order valence-corrected chi connectivity index (χ2v) is 8.00. The molecule has 35 heavy (non-hydrogen) atoms. The van der Waals surface area contributed by atoms with Gasteiger partial charge in [-0.1, -0.05) is 30.3 Å². The lowest BCUT2D eigenvalue weighted by molar-refractivity contribution is -0.166. The van der Waals surface area contributed by atoms with Crippen molar-refractivity contribution in [3.8, 4) is 0 Å². The largest absolute Gasteiger partial charge is 0.463 e. The Morgan fingerprint density at radius 3 is 2.29 bits per heavy atom. The van der Waals surface area contributed by atoms with E-state index in [9.17, 15) is 19.2 Å². The van der Waals surface area contributed by atoms with Crippen LogP contribution < -0.4 is 5.56 Å². The minimum atomic E-state index is -1.11. The van der Waals surface area contributed by atoms with Gasteiger partial charge in [-0.2, -0.15) is 0 Å². The van der Waals surface area contributed by atoms with Gasteiger partial charge in [0, 0.05) is 20.8 Å². The zero-order chi connectivity index (χ0) is 25.1. The van der Waals surface area contributed by atoms with Crippen LogP contribution in [0.15, 0.2) is 47.8 Å². The number of hydrogen-bond acceptors (Lipinski definition) is 10. The normalized spacial score (nSPS) is 21.6. The Morgan fingerprint density at radius 1 is 0.943 bits per heavy atom. The first-order valence-corrected chi connectivity index (χ1v) is 10.8. The van der Waals surface area contributed by atoms with Gasteiger partial charge >= 0.3 is 17.9 Å². The molecule has 2 aromatic heterocycles. The number of carbonyl (C=O) groups excluding carboxylic acids is 3. The Morgan fingerprint density at radius 2 is 1.63 bits per heavy atom. The molecule has 4 rings (SSSR count). The summed E-state index contributed by atoms with van der Waals surface area (Å²) in [5, 5.41) is 0. The first-order chi connectivity index (χ1) is 16.7. The van der Waals surface area contributed by atoms with E-state index in [2.05, 4.69) is 9.97 Å². The summed E-state index contributed by atoms with van der Waals surface area (Å²) in [6.07, 6.45) is -1.43. The van der Waals surface area contributed by atoms with Crippen molar-refractivity contribution in [1.82, 2.24) is 19.1 Å². The number of rotatable bonds is 7. The molecule has 0 radical (unpaired) electrons. The minimum absolute atomic E-state index is 0.0843. The fourth-order valence-electron chi connectivity index (χ4n) is 3.94. The Bertz CT molecular complexity index is 1300.